The normalized spacial score (nSPS) is 17.7. The fourth-order valence-corrected chi connectivity index (χ4v) is 7.00. The predicted molar refractivity (Wildman–Crippen MR) is 197 cm³/mol. The number of hydrogen-bond acceptors (Lipinski definition) is 6. The number of esters is 1. The summed E-state index contributed by atoms with van der Waals surface area (Å²) in [6.07, 6.45) is 1.37. The third kappa shape index (κ3) is 9.54. The highest BCUT2D eigenvalue weighted by Crippen LogP contribution is 2.40. The van der Waals surface area contributed by atoms with E-state index in [1.165, 1.54) is 30.3 Å². The second-order valence-electron chi connectivity index (χ2n) is 14.4. The van der Waals surface area contributed by atoms with Crippen molar-refractivity contribution in [3.63, 3.8) is 0 Å². The Morgan fingerprint density at radius 1 is 1.00 bits per heavy atom. The number of H-pyrrole nitrogens is 1. The molecule has 4 unspecified atom stereocenters. The molecular formula is C40H48F4N6O5. The van der Waals surface area contributed by atoms with E-state index in [0.717, 1.165) is 6.07 Å². The Labute approximate surface area is 317 Å². The number of nitrogens with zero attached hydrogens (tertiary/aromatic N) is 2. The molecule has 1 aliphatic carbocycles. The van der Waals surface area contributed by atoms with Gasteiger partial charge in [0.1, 0.15) is 23.4 Å². The summed E-state index contributed by atoms with van der Waals surface area (Å²) >= 11 is 0. The highest BCUT2D eigenvalue weighted by molar-refractivity contribution is 5.98. The molecule has 1 aliphatic rings. The van der Waals surface area contributed by atoms with Gasteiger partial charge in [-0.15, -0.1) is 0 Å². The minimum Gasteiger partial charge on any atom is -0.464 e. The van der Waals surface area contributed by atoms with Crippen LogP contribution < -0.4 is 16.0 Å². The van der Waals surface area contributed by atoms with Crippen LogP contribution in [0, 0.1) is 17.7 Å². The lowest BCUT2D eigenvalue weighted by Gasteiger charge is -2.39. The van der Waals surface area contributed by atoms with Crippen LogP contribution in [0.5, 0.6) is 0 Å². The van der Waals surface area contributed by atoms with Gasteiger partial charge in [-0.1, -0.05) is 70.9 Å². The molecule has 2 aromatic carbocycles. The number of para-hydroxylation sites is 1. The smallest absolute Gasteiger partial charge is 0.418 e. The summed E-state index contributed by atoms with van der Waals surface area (Å²) < 4.78 is 64.0. The molecule has 0 spiro atoms. The van der Waals surface area contributed by atoms with E-state index in [0.29, 0.717) is 37.1 Å². The number of halogens is 4. The molecule has 3 amide bonds. The molecule has 0 fully saturated rings. The molecule has 5 rings (SSSR count). The first-order chi connectivity index (χ1) is 26.2. The van der Waals surface area contributed by atoms with E-state index in [1.54, 1.807) is 38.6 Å². The van der Waals surface area contributed by atoms with E-state index in [1.807, 2.05) is 18.4 Å². The highest BCUT2D eigenvalue weighted by Gasteiger charge is 2.47. The largest absolute Gasteiger partial charge is 0.464 e. The maximum absolute atomic E-state index is 14.7. The predicted octanol–water partition coefficient (Wildman–Crippen LogP) is 5.80. The summed E-state index contributed by atoms with van der Waals surface area (Å²) in [7, 11) is 0. The van der Waals surface area contributed by atoms with Crippen LogP contribution in [-0.4, -0.2) is 62.5 Å². The number of aromatic nitrogens is 3. The minimum atomic E-state index is -4.65. The van der Waals surface area contributed by atoms with Crippen molar-refractivity contribution in [2.75, 3.05) is 6.61 Å². The van der Waals surface area contributed by atoms with E-state index in [-0.39, 0.29) is 54.7 Å². The summed E-state index contributed by atoms with van der Waals surface area (Å²) in [5, 5.41) is 8.72. The van der Waals surface area contributed by atoms with Gasteiger partial charge >= 0.3 is 12.1 Å². The number of nitrogens with one attached hydrogen (secondary N) is 4. The molecule has 0 bridgehead atoms. The van der Waals surface area contributed by atoms with Crippen LogP contribution in [0.15, 0.2) is 61.2 Å². The summed E-state index contributed by atoms with van der Waals surface area (Å²) in [5.41, 5.74) is -1.67. The van der Waals surface area contributed by atoms with Gasteiger partial charge in [0.05, 0.1) is 30.4 Å². The van der Waals surface area contributed by atoms with Crippen molar-refractivity contribution in [3.8, 4) is 0 Å². The molecule has 0 saturated carbocycles. The van der Waals surface area contributed by atoms with Crippen LogP contribution >= 0.6 is 0 Å². The Kier molecular flexibility index (Phi) is 13.0. The van der Waals surface area contributed by atoms with Gasteiger partial charge in [0, 0.05) is 36.4 Å². The van der Waals surface area contributed by atoms with E-state index < -0.39 is 64.8 Å². The van der Waals surface area contributed by atoms with Crippen LogP contribution in [0.4, 0.5) is 17.6 Å². The maximum atomic E-state index is 14.7. The van der Waals surface area contributed by atoms with Crippen LogP contribution in [0.3, 0.4) is 0 Å². The Balaban J connectivity index is 1.45. The summed E-state index contributed by atoms with van der Waals surface area (Å²) in [6, 6.07) is 7.33. The molecular weight excluding hydrogens is 720 g/mol. The first-order valence-corrected chi connectivity index (χ1v) is 18.6. The number of carbonyl (C=O) groups excluding carboxylic acids is 4. The number of benzene rings is 2. The van der Waals surface area contributed by atoms with Gasteiger partial charge in [0.15, 0.2) is 0 Å². The first kappa shape index (κ1) is 41.0. The Morgan fingerprint density at radius 3 is 2.40 bits per heavy atom. The number of ether oxygens (including phenoxy) is 1. The van der Waals surface area contributed by atoms with Gasteiger partial charge in [0.25, 0.3) is 0 Å². The van der Waals surface area contributed by atoms with Gasteiger partial charge in [-0.3, -0.25) is 14.4 Å². The third-order valence-corrected chi connectivity index (χ3v) is 10.7. The summed E-state index contributed by atoms with van der Waals surface area (Å²) in [4.78, 5) is 62.6. The second kappa shape index (κ2) is 17.5. The number of amides is 3. The molecule has 2 heterocycles. The number of fused-ring (bicyclic) bond motifs is 3. The average molecular weight is 769 g/mol. The molecule has 296 valence electrons. The van der Waals surface area contributed by atoms with E-state index in [9.17, 15) is 36.7 Å². The molecule has 11 nitrogen and oxygen atoms in total. The molecule has 15 heteroatoms. The minimum absolute atomic E-state index is 0.0324. The standard InChI is InChI=1S/C40H48F4N6O5/c1-5-24(3)33(47-32(51)21-26-11-7-8-14-30(26)41)36(52)49-39(16-15-31-28(22-39)27-12-9-13-29(35(27)46-31)40(42,43)44)38(54)48-34(25(4)6-2)37(53)55-20-10-18-50-19-17-45-23-50/h7-9,11-14,17,19,23-25,33-34,46H,5-6,10,15-16,18,20-22H2,1-4H3,(H,47,51)(H,48,54)(H,49,52)/t24?,25?,33?,34?,39-/m0/s1. The van der Waals surface area contributed by atoms with Gasteiger partial charge in [0.2, 0.25) is 17.7 Å². The van der Waals surface area contributed by atoms with Crippen molar-refractivity contribution in [1.82, 2.24) is 30.5 Å². The molecule has 0 saturated heterocycles. The second-order valence-corrected chi connectivity index (χ2v) is 14.4. The number of imidazole rings is 1. The summed E-state index contributed by atoms with van der Waals surface area (Å²) in [6.45, 7) is 7.84. The number of aromatic amines is 1. The Hall–Kier alpha value is -5.21. The van der Waals surface area contributed by atoms with Crippen LogP contribution in [0.2, 0.25) is 0 Å². The van der Waals surface area contributed by atoms with Crippen LogP contribution in [-0.2, 0) is 55.9 Å². The molecule has 0 radical (unpaired) electrons. The lowest BCUT2D eigenvalue weighted by molar-refractivity contribution is -0.150. The zero-order valence-electron chi connectivity index (χ0n) is 31.4. The molecule has 55 heavy (non-hydrogen) atoms. The van der Waals surface area contributed by atoms with E-state index >= 15 is 0 Å². The number of carbonyl (C=O) groups is 4. The monoisotopic (exact) mass is 768 g/mol. The van der Waals surface area contributed by atoms with Crippen molar-refractivity contribution in [3.05, 3.63) is 89.4 Å². The zero-order chi connectivity index (χ0) is 39.9. The summed E-state index contributed by atoms with van der Waals surface area (Å²) in [5.74, 6) is -4.08. The first-order valence-electron chi connectivity index (χ1n) is 18.6. The van der Waals surface area contributed by atoms with Crippen molar-refractivity contribution in [2.45, 2.75) is 103 Å². The van der Waals surface area contributed by atoms with Crippen molar-refractivity contribution >= 4 is 34.6 Å². The van der Waals surface area contributed by atoms with Gasteiger partial charge in [-0.05, 0) is 54.4 Å². The van der Waals surface area contributed by atoms with Crippen LogP contribution in [0.1, 0.15) is 75.8 Å². The molecule has 0 aliphatic heterocycles. The lowest BCUT2D eigenvalue weighted by atomic mass is 9.78. The van der Waals surface area contributed by atoms with Gasteiger partial charge in [-0.25, -0.2) is 14.2 Å². The van der Waals surface area contributed by atoms with Crippen molar-refractivity contribution in [1.29, 1.82) is 0 Å². The number of alkyl halides is 3. The highest BCUT2D eigenvalue weighted by atomic mass is 19.4. The lowest BCUT2D eigenvalue weighted by Crippen LogP contribution is -2.67. The van der Waals surface area contributed by atoms with Gasteiger partial charge < -0.3 is 30.2 Å². The maximum Gasteiger partial charge on any atom is 0.418 e. The van der Waals surface area contributed by atoms with Gasteiger partial charge in [-0.2, -0.15) is 13.2 Å². The fourth-order valence-electron chi connectivity index (χ4n) is 7.00. The fraction of sp³-hybridized carbons (Fsp3) is 0.475. The van der Waals surface area contributed by atoms with E-state index in [4.69, 9.17) is 4.74 Å². The third-order valence-electron chi connectivity index (χ3n) is 10.7. The topological polar surface area (TPSA) is 147 Å². The molecule has 4 aromatic rings. The van der Waals surface area contributed by atoms with E-state index in [2.05, 4.69) is 25.9 Å². The average Bonchev–Trinajstić information content (AvgIpc) is 3.82. The van der Waals surface area contributed by atoms with Crippen molar-refractivity contribution < 1.29 is 41.5 Å². The SMILES string of the molecule is CCC(C)C(NC(=O)Cc1ccccc1F)C(=O)N[C@@]1(C(=O)NC(C(=O)OCCCn2ccnc2)C(C)CC)CCc2[nH]c3c(C(F)(F)F)cccc3c2C1. The quantitative estimate of drug-likeness (QED) is 0.0644. The molecule has 4 N–H and O–H groups in total. The number of aryl methyl sites for hydroxylation is 2. The number of rotatable bonds is 16. The zero-order valence-corrected chi connectivity index (χ0v) is 31.4. The Morgan fingerprint density at radius 2 is 1.73 bits per heavy atom. The molecule has 2 aromatic heterocycles. The molecule has 5 atom stereocenters. The number of hydrogen-bond donors (Lipinski definition) is 4. The van der Waals surface area contributed by atoms with Crippen molar-refractivity contribution in [2.24, 2.45) is 11.8 Å². The van der Waals surface area contributed by atoms with Crippen LogP contribution in [0.25, 0.3) is 10.9 Å². The Bertz CT molecular complexity index is 1980.